The molecule has 1 saturated heterocycles. The highest BCUT2D eigenvalue weighted by molar-refractivity contribution is 7.44. The fourth-order valence-electron chi connectivity index (χ4n) is 6.96. The number of aromatic amines is 1. The molecule has 3 aromatic carbocycles. The van der Waals surface area contributed by atoms with Crippen LogP contribution >= 0.6 is 8.53 Å². The van der Waals surface area contributed by atoms with Crippen LogP contribution in [-0.4, -0.2) is 92.4 Å². The zero-order valence-corrected chi connectivity index (χ0v) is 34.4. The van der Waals surface area contributed by atoms with Gasteiger partial charge >= 0.3 is 5.69 Å². The maximum atomic E-state index is 13.5. The van der Waals surface area contributed by atoms with Crippen molar-refractivity contribution in [1.82, 2.24) is 14.2 Å². The Morgan fingerprint density at radius 2 is 1.42 bits per heavy atom. The Kier molecular flexibility index (Phi) is 16.0. The van der Waals surface area contributed by atoms with Gasteiger partial charge in [-0.15, -0.1) is 0 Å². The predicted octanol–water partition coefficient (Wildman–Crippen LogP) is 6.15. The second kappa shape index (κ2) is 20.8. The molecular weight excluding hydrogens is 751 g/mol. The van der Waals surface area contributed by atoms with Crippen LogP contribution in [0.4, 0.5) is 0 Å². The summed E-state index contributed by atoms with van der Waals surface area (Å²) in [7, 11) is 2.98. The summed E-state index contributed by atoms with van der Waals surface area (Å²) in [5.74, 6) is 1.36. The largest absolute Gasteiger partial charge is 0.497 e. The number of methoxy groups -OCH3 is 3. The number of nitrogens with zero attached hydrogens (tertiary/aromatic N) is 3. The van der Waals surface area contributed by atoms with Crippen LogP contribution in [0.2, 0.25) is 0 Å². The van der Waals surface area contributed by atoms with Crippen LogP contribution in [0.25, 0.3) is 0 Å². The van der Waals surface area contributed by atoms with E-state index in [0.29, 0.717) is 11.5 Å². The van der Waals surface area contributed by atoms with Crippen molar-refractivity contribution < 1.29 is 37.5 Å². The Morgan fingerprint density at radius 1 is 0.825 bits per heavy atom. The maximum Gasteiger partial charge on any atom is 0.330 e. The summed E-state index contributed by atoms with van der Waals surface area (Å²) in [4.78, 5) is 28.0. The minimum absolute atomic E-state index is 0.0118. The molecule has 1 aliphatic heterocycles. The van der Waals surface area contributed by atoms with Gasteiger partial charge in [0, 0.05) is 31.5 Å². The molecule has 14 nitrogen and oxygen atoms in total. The summed E-state index contributed by atoms with van der Waals surface area (Å²) in [5.41, 5.74) is 0.0362. The predicted molar refractivity (Wildman–Crippen MR) is 215 cm³/mol. The molecular formula is C42H53N4O10P. The van der Waals surface area contributed by atoms with E-state index < -0.39 is 49.9 Å². The zero-order chi connectivity index (χ0) is 41.0. The molecule has 1 aromatic heterocycles. The van der Waals surface area contributed by atoms with E-state index in [9.17, 15) is 14.9 Å². The highest BCUT2D eigenvalue weighted by Crippen LogP contribution is 2.51. The quantitative estimate of drug-likeness (QED) is 0.0583. The third kappa shape index (κ3) is 10.4. The monoisotopic (exact) mass is 804 g/mol. The van der Waals surface area contributed by atoms with Crippen LogP contribution in [0.3, 0.4) is 0 Å². The molecule has 57 heavy (non-hydrogen) atoms. The van der Waals surface area contributed by atoms with Crippen LogP contribution in [0, 0.1) is 11.3 Å². The number of hydrogen-bond acceptors (Lipinski definition) is 12. The first-order valence-corrected chi connectivity index (χ1v) is 20.0. The van der Waals surface area contributed by atoms with Gasteiger partial charge in [-0.25, -0.2) is 9.46 Å². The third-order valence-electron chi connectivity index (χ3n) is 9.52. The molecule has 0 aliphatic carbocycles. The number of ether oxygens (including phenoxy) is 6. The first-order valence-electron chi connectivity index (χ1n) is 18.9. The Hall–Kier alpha value is -4.42. The van der Waals surface area contributed by atoms with E-state index in [-0.39, 0.29) is 44.9 Å². The molecule has 4 aromatic rings. The second-order valence-electron chi connectivity index (χ2n) is 13.8. The summed E-state index contributed by atoms with van der Waals surface area (Å²) >= 11 is 0. The smallest absolute Gasteiger partial charge is 0.330 e. The molecule has 0 amide bonds. The standard InChI is InChI=1S/C42H53N4O10P/c1-29(2)46(30(3)4)57(54-25-11-23-43)56-39-38(52-27-26-49-5)36(55-40(39)45-24-22-37(47)44-41(45)48)28-53-42(31-12-9-8-10-13-31,32-14-18-34(50-6)19-15-32)33-16-20-35(51-7)21-17-33/h8-10,12-22,24,29-30,36,38-40H,11,25-28H2,1-7H3,(H,44,47,48)/t36-,38-,39-,40-,57?/m1/s1. The third-order valence-corrected chi connectivity index (χ3v) is 11.6. The Bertz CT molecular complexity index is 1930. The lowest BCUT2D eigenvalue weighted by Crippen LogP contribution is -2.43. The lowest BCUT2D eigenvalue weighted by Gasteiger charge is -2.38. The number of benzene rings is 3. The SMILES string of the molecule is COCCO[C@H]1[C@@H](OP(OCCC#N)N(C(C)C)C(C)C)[C@H](n2ccc(=O)[nH]c2=O)O[C@@H]1COC(c1ccccc1)(c1ccc(OC)cc1)c1ccc(OC)cc1. The number of aromatic nitrogens is 2. The van der Waals surface area contributed by atoms with Crippen molar-refractivity contribution in [2.24, 2.45) is 0 Å². The minimum Gasteiger partial charge on any atom is -0.497 e. The van der Waals surface area contributed by atoms with E-state index in [1.165, 1.54) is 16.8 Å². The fraction of sp³-hybridized carbons (Fsp3) is 0.452. The molecule has 5 atom stereocenters. The van der Waals surface area contributed by atoms with Crippen molar-refractivity contribution in [2.75, 3.05) is 47.8 Å². The number of hydrogen-bond donors (Lipinski definition) is 1. The van der Waals surface area contributed by atoms with Gasteiger partial charge in [-0.2, -0.15) is 5.26 Å². The van der Waals surface area contributed by atoms with Crippen molar-refractivity contribution in [3.63, 3.8) is 0 Å². The topological polar surface area (TPSA) is 156 Å². The normalized spacial score (nSPS) is 18.9. The summed E-state index contributed by atoms with van der Waals surface area (Å²) in [6, 6.07) is 28.6. The average molecular weight is 805 g/mol. The Balaban J connectivity index is 1.65. The first kappa shape index (κ1) is 43.7. The molecule has 1 fully saturated rings. The highest BCUT2D eigenvalue weighted by Gasteiger charge is 2.51. The minimum atomic E-state index is -1.83. The molecule has 1 N–H and O–H groups in total. The van der Waals surface area contributed by atoms with Gasteiger partial charge in [-0.05, 0) is 68.7 Å². The van der Waals surface area contributed by atoms with Gasteiger partial charge in [-0.3, -0.25) is 14.3 Å². The molecule has 0 bridgehead atoms. The van der Waals surface area contributed by atoms with Crippen molar-refractivity contribution >= 4 is 8.53 Å². The lowest BCUT2D eigenvalue weighted by atomic mass is 9.80. The molecule has 2 heterocycles. The Labute approximate surface area is 335 Å². The summed E-state index contributed by atoms with van der Waals surface area (Å²) in [6.07, 6.45) is -2.19. The second-order valence-corrected chi connectivity index (χ2v) is 15.2. The number of nitriles is 1. The first-order chi connectivity index (χ1) is 27.6. The van der Waals surface area contributed by atoms with Gasteiger partial charge in [0.1, 0.15) is 35.4 Å². The van der Waals surface area contributed by atoms with E-state index in [2.05, 4.69) is 15.7 Å². The molecule has 1 aliphatic rings. The Morgan fingerprint density at radius 3 is 1.95 bits per heavy atom. The van der Waals surface area contributed by atoms with E-state index >= 15 is 0 Å². The van der Waals surface area contributed by atoms with Gasteiger partial charge in [0.15, 0.2) is 6.23 Å². The van der Waals surface area contributed by atoms with Gasteiger partial charge in [0.25, 0.3) is 14.1 Å². The van der Waals surface area contributed by atoms with Crippen molar-refractivity contribution in [2.45, 2.75) is 76.3 Å². The van der Waals surface area contributed by atoms with Crippen molar-refractivity contribution in [3.05, 3.63) is 129 Å². The molecule has 306 valence electrons. The zero-order valence-electron chi connectivity index (χ0n) is 33.5. The molecule has 0 radical (unpaired) electrons. The van der Waals surface area contributed by atoms with Crippen LogP contribution < -0.4 is 20.7 Å². The van der Waals surface area contributed by atoms with E-state index in [1.807, 2.05) is 107 Å². The lowest BCUT2D eigenvalue weighted by molar-refractivity contribution is -0.107. The maximum absolute atomic E-state index is 13.5. The fourth-order valence-corrected chi connectivity index (χ4v) is 8.69. The van der Waals surface area contributed by atoms with E-state index in [4.69, 9.17) is 37.5 Å². The number of rotatable bonds is 21. The number of nitrogens with one attached hydrogen (secondary N) is 1. The molecule has 0 saturated carbocycles. The summed E-state index contributed by atoms with van der Waals surface area (Å²) in [5, 5.41) is 9.36. The van der Waals surface area contributed by atoms with Gasteiger partial charge < -0.3 is 37.5 Å². The van der Waals surface area contributed by atoms with Crippen LogP contribution in [0.5, 0.6) is 11.5 Å². The van der Waals surface area contributed by atoms with Gasteiger partial charge in [0.05, 0.1) is 53.1 Å². The molecule has 5 rings (SSSR count). The number of H-pyrrole nitrogens is 1. The van der Waals surface area contributed by atoms with E-state index in [1.54, 1.807) is 21.3 Å². The molecule has 0 spiro atoms. The average Bonchev–Trinajstić information content (AvgIpc) is 3.54. The molecule has 1 unspecified atom stereocenters. The van der Waals surface area contributed by atoms with Crippen LogP contribution in [0.15, 0.2) is 101 Å². The van der Waals surface area contributed by atoms with Crippen LogP contribution in [0.1, 0.15) is 57.0 Å². The highest BCUT2D eigenvalue weighted by atomic mass is 31.2. The van der Waals surface area contributed by atoms with Gasteiger partial charge in [0.2, 0.25) is 0 Å². The van der Waals surface area contributed by atoms with Crippen molar-refractivity contribution in [1.29, 1.82) is 5.26 Å². The summed E-state index contributed by atoms with van der Waals surface area (Å²) < 4.78 is 53.7. The van der Waals surface area contributed by atoms with E-state index in [0.717, 1.165) is 16.7 Å². The van der Waals surface area contributed by atoms with Gasteiger partial charge in [-0.1, -0.05) is 54.6 Å². The molecule has 15 heteroatoms. The van der Waals surface area contributed by atoms with Crippen LogP contribution in [-0.2, 0) is 33.6 Å². The van der Waals surface area contributed by atoms with Crippen molar-refractivity contribution in [3.8, 4) is 17.6 Å². The summed E-state index contributed by atoms with van der Waals surface area (Å²) in [6.45, 7) is 8.64.